The summed E-state index contributed by atoms with van der Waals surface area (Å²) >= 11 is 5.85. The van der Waals surface area contributed by atoms with Gasteiger partial charge in [-0.25, -0.2) is 0 Å². The van der Waals surface area contributed by atoms with Crippen molar-refractivity contribution >= 4 is 23.5 Å². The van der Waals surface area contributed by atoms with E-state index >= 15 is 0 Å². The quantitative estimate of drug-likeness (QED) is 0.669. The second-order valence-corrected chi connectivity index (χ2v) is 4.24. The number of rotatable bonds is 3. The summed E-state index contributed by atoms with van der Waals surface area (Å²) in [5, 5.41) is 9.77. The molecule has 18 heavy (non-hydrogen) atoms. The molecule has 0 radical (unpaired) electrons. The van der Waals surface area contributed by atoms with Crippen LogP contribution >= 0.6 is 11.6 Å². The average molecular weight is 259 g/mol. The Kier molecular flexibility index (Phi) is 3.80. The van der Waals surface area contributed by atoms with Crippen molar-refractivity contribution in [2.24, 2.45) is 0 Å². The fourth-order valence-corrected chi connectivity index (χ4v) is 1.70. The number of phenolic OH excluding ortho intramolecular Hbond substituents is 1. The third-order valence-electron chi connectivity index (χ3n) is 2.43. The third kappa shape index (κ3) is 3.22. The number of allylic oxidation sites excluding steroid dienone is 1. The molecule has 1 N–H and O–H groups in total. The van der Waals surface area contributed by atoms with E-state index < -0.39 is 0 Å². The van der Waals surface area contributed by atoms with Crippen LogP contribution in [0.5, 0.6) is 5.75 Å². The minimum absolute atomic E-state index is 0.116. The Balaban J connectivity index is 2.14. The van der Waals surface area contributed by atoms with Crippen molar-refractivity contribution in [3.63, 3.8) is 0 Å². The molecule has 0 amide bonds. The Morgan fingerprint density at radius 3 is 2.50 bits per heavy atom. The predicted octanol–water partition coefficient (Wildman–Crippen LogP) is 3.94. The summed E-state index contributed by atoms with van der Waals surface area (Å²) in [5.41, 5.74) is 1.40. The second kappa shape index (κ2) is 5.52. The summed E-state index contributed by atoms with van der Waals surface area (Å²) in [6.07, 6.45) is 3.19. The van der Waals surface area contributed by atoms with Crippen LogP contribution < -0.4 is 0 Å². The van der Waals surface area contributed by atoms with Crippen LogP contribution in [0.1, 0.15) is 15.9 Å². The summed E-state index contributed by atoms with van der Waals surface area (Å²) in [7, 11) is 0. The topological polar surface area (TPSA) is 37.3 Å². The SMILES string of the molecule is O=C(/C=C/c1cccc(Cl)c1)c1ccc(O)cc1. The summed E-state index contributed by atoms with van der Waals surface area (Å²) in [6, 6.07) is 13.4. The monoisotopic (exact) mass is 258 g/mol. The average Bonchev–Trinajstić information content (AvgIpc) is 2.37. The van der Waals surface area contributed by atoms with E-state index in [1.165, 1.54) is 18.2 Å². The number of halogens is 1. The highest BCUT2D eigenvalue weighted by molar-refractivity contribution is 6.30. The number of benzene rings is 2. The molecule has 0 aromatic heterocycles. The van der Waals surface area contributed by atoms with E-state index in [0.717, 1.165) is 5.56 Å². The van der Waals surface area contributed by atoms with Crippen molar-refractivity contribution < 1.29 is 9.90 Å². The summed E-state index contributed by atoms with van der Waals surface area (Å²) in [5.74, 6) is 0.0281. The zero-order valence-corrected chi connectivity index (χ0v) is 10.3. The molecule has 0 atom stereocenters. The Morgan fingerprint density at radius 2 is 1.83 bits per heavy atom. The number of phenols is 1. The van der Waals surface area contributed by atoms with E-state index in [0.29, 0.717) is 10.6 Å². The maximum atomic E-state index is 11.8. The molecule has 2 aromatic carbocycles. The minimum Gasteiger partial charge on any atom is -0.508 e. The first-order chi connectivity index (χ1) is 8.65. The highest BCUT2D eigenvalue weighted by atomic mass is 35.5. The van der Waals surface area contributed by atoms with Gasteiger partial charge < -0.3 is 5.11 Å². The Hall–Kier alpha value is -2.06. The van der Waals surface area contributed by atoms with Crippen LogP contribution in [0.2, 0.25) is 5.02 Å². The van der Waals surface area contributed by atoms with Crippen molar-refractivity contribution in [2.45, 2.75) is 0 Å². The van der Waals surface area contributed by atoms with Crippen molar-refractivity contribution in [3.05, 3.63) is 70.8 Å². The van der Waals surface area contributed by atoms with Crippen molar-refractivity contribution in [1.82, 2.24) is 0 Å². The first-order valence-corrected chi connectivity index (χ1v) is 5.80. The molecule has 0 spiro atoms. The van der Waals surface area contributed by atoms with Gasteiger partial charge in [0.15, 0.2) is 5.78 Å². The highest BCUT2D eigenvalue weighted by Gasteiger charge is 2.01. The first kappa shape index (κ1) is 12.4. The number of hydrogen-bond donors (Lipinski definition) is 1. The molecule has 0 saturated carbocycles. The summed E-state index contributed by atoms with van der Waals surface area (Å²) in [6.45, 7) is 0. The minimum atomic E-state index is -0.116. The Morgan fingerprint density at radius 1 is 1.11 bits per heavy atom. The Labute approximate surface area is 110 Å². The molecule has 0 heterocycles. The van der Waals surface area contributed by atoms with E-state index in [1.807, 2.05) is 12.1 Å². The predicted molar refractivity (Wildman–Crippen MR) is 72.9 cm³/mol. The number of carbonyl (C=O) groups is 1. The van der Waals surface area contributed by atoms with E-state index in [9.17, 15) is 4.79 Å². The smallest absolute Gasteiger partial charge is 0.185 e. The van der Waals surface area contributed by atoms with Gasteiger partial charge >= 0.3 is 0 Å². The fraction of sp³-hybridized carbons (Fsp3) is 0. The molecule has 3 heteroatoms. The van der Waals surface area contributed by atoms with Crippen LogP contribution in [0.15, 0.2) is 54.6 Å². The molecule has 0 aliphatic rings. The highest BCUT2D eigenvalue weighted by Crippen LogP contribution is 2.14. The summed E-state index contributed by atoms with van der Waals surface area (Å²) in [4.78, 5) is 11.8. The lowest BCUT2D eigenvalue weighted by atomic mass is 10.1. The van der Waals surface area contributed by atoms with Crippen LogP contribution in [0, 0.1) is 0 Å². The van der Waals surface area contributed by atoms with Gasteiger partial charge in [-0.1, -0.05) is 29.8 Å². The molecule has 0 aliphatic carbocycles. The van der Waals surface area contributed by atoms with Crippen LogP contribution in [-0.4, -0.2) is 10.9 Å². The van der Waals surface area contributed by atoms with Crippen LogP contribution in [-0.2, 0) is 0 Å². The molecular formula is C15H11ClO2. The van der Waals surface area contributed by atoms with Gasteiger partial charge in [0.1, 0.15) is 5.75 Å². The Bertz CT molecular complexity index is 586. The maximum Gasteiger partial charge on any atom is 0.185 e. The lowest BCUT2D eigenvalue weighted by molar-refractivity contribution is 0.104. The van der Waals surface area contributed by atoms with E-state index in [-0.39, 0.29) is 11.5 Å². The van der Waals surface area contributed by atoms with Crippen molar-refractivity contribution in [3.8, 4) is 5.75 Å². The van der Waals surface area contributed by atoms with Crippen LogP contribution in [0.3, 0.4) is 0 Å². The van der Waals surface area contributed by atoms with Crippen molar-refractivity contribution in [2.75, 3.05) is 0 Å². The molecule has 0 saturated heterocycles. The van der Waals surface area contributed by atoms with Gasteiger partial charge in [-0.15, -0.1) is 0 Å². The number of carbonyl (C=O) groups excluding carboxylic acids is 1. The number of aromatic hydroxyl groups is 1. The first-order valence-electron chi connectivity index (χ1n) is 5.42. The molecule has 2 aromatic rings. The zero-order valence-electron chi connectivity index (χ0n) is 9.51. The van der Waals surface area contributed by atoms with Gasteiger partial charge in [-0.05, 0) is 48.0 Å². The molecular weight excluding hydrogens is 248 g/mol. The molecule has 0 unspecified atom stereocenters. The number of hydrogen-bond acceptors (Lipinski definition) is 2. The van der Waals surface area contributed by atoms with Crippen LogP contribution in [0.4, 0.5) is 0 Å². The molecule has 90 valence electrons. The lowest BCUT2D eigenvalue weighted by Crippen LogP contribution is -1.92. The van der Waals surface area contributed by atoms with Gasteiger partial charge in [0.05, 0.1) is 0 Å². The third-order valence-corrected chi connectivity index (χ3v) is 2.66. The molecule has 2 nitrogen and oxygen atoms in total. The van der Waals surface area contributed by atoms with Gasteiger partial charge in [-0.3, -0.25) is 4.79 Å². The lowest BCUT2D eigenvalue weighted by Gasteiger charge is -1.97. The van der Waals surface area contributed by atoms with Crippen LogP contribution in [0.25, 0.3) is 6.08 Å². The van der Waals surface area contributed by atoms with Crippen molar-refractivity contribution in [1.29, 1.82) is 0 Å². The van der Waals surface area contributed by atoms with Gasteiger partial charge in [-0.2, -0.15) is 0 Å². The number of ketones is 1. The molecule has 0 bridgehead atoms. The van der Waals surface area contributed by atoms with E-state index in [1.54, 1.807) is 30.3 Å². The van der Waals surface area contributed by atoms with Gasteiger partial charge in [0.25, 0.3) is 0 Å². The van der Waals surface area contributed by atoms with Gasteiger partial charge in [0.2, 0.25) is 0 Å². The summed E-state index contributed by atoms with van der Waals surface area (Å²) < 4.78 is 0. The normalized spacial score (nSPS) is 10.7. The molecule has 0 aliphatic heterocycles. The molecule has 0 fully saturated rings. The molecule has 2 rings (SSSR count). The second-order valence-electron chi connectivity index (χ2n) is 3.80. The fourth-order valence-electron chi connectivity index (χ4n) is 1.50. The van der Waals surface area contributed by atoms with E-state index in [4.69, 9.17) is 16.7 Å². The standard InChI is InChI=1S/C15H11ClO2/c16-13-3-1-2-11(10-13)4-9-15(18)12-5-7-14(17)8-6-12/h1-10,17H/b9-4+. The zero-order chi connectivity index (χ0) is 13.0. The largest absolute Gasteiger partial charge is 0.508 e. The maximum absolute atomic E-state index is 11.8. The van der Waals surface area contributed by atoms with E-state index in [2.05, 4.69) is 0 Å². The van der Waals surface area contributed by atoms with Gasteiger partial charge in [0, 0.05) is 10.6 Å².